The van der Waals surface area contributed by atoms with Crippen LogP contribution >= 0.6 is 0 Å². The van der Waals surface area contributed by atoms with Gasteiger partial charge in [-0.3, -0.25) is 4.79 Å². The van der Waals surface area contributed by atoms with Crippen molar-refractivity contribution in [2.45, 2.75) is 0 Å². The molecule has 0 atom stereocenters. The first kappa shape index (κ1) is 15.3. The zero-order chi connectivity index (χ0) is 17.1. The molecule has 3 aromatic rings. The molecule has 0 aliphatic heterocycles. The van der Waals surface area contributed by atoms with E-state index in [9.17, 15) is 15.2 Å². The molecule has 0 bridgehead atoms. The van der Waals surface area contributed by atoms with Crippen LogP contribution in [0.2, 0.25) is 0 Å². The number of rotatable bonds is 3. The highest BCUT2D eigenvalue weighted by molar-refractivity contribution is 5.93. The monoisotopic (exact) mass is 319 g/mol. The number of benzene rings is 2. The molecule has 3 rings (SSSR count). The van der Waals surface area contributed by atoms with Crippen LogP contribution in [-0.4, -0.2) is 22.2 Å². The molecule has 2 aromatic carbocycles. The molecule has 24 heavy (non-hydrogen) atoms. The molecule has 0 unspecified atom stereocenters. The fourth-order valence-electron chi connectivity index (χ4n) is 2.32. The van der Waals surface area contributed by atoms with E-state index >= 15 is 0 Å². The van der Waals surface area contributed by atoms with E-state index in [0.29, 0.717) is 22.2 Å². The van der Waals surface area contributed by atoms with Gasteiger partial charge in [-0.05, 0) is 36.4 Å². The number of methoxy groups -OCH3 is 1. The molecule has 6 heteroatoms. The number of allylic oxidation sites excluding steroid dienone is 1. The van der Waals surface area contributed by atoms with Crippen LogP contribution in [0.15, 0.2) is 53.3 Å². The summed E-state index contributed by atoms with van der Waals surface area (Å²) < 4.78 is 5.06. The number of nitrogens with one attached hydrogen (secondary N) is 1. The highest BCUT2D eigenvalue weighted by atomic mass is 16.5. The minimum atomic E-state index is -0.370. The number of hydrogen-bond donors (Lipinski definition) is 2. The number of para-hydroxylation sites is 1. The largest absolute Gasteiger partial charge is 0.506 e. The van der Waals surface area contributed by atoms with Crippen LogP contribution < -0.4 is 10.3 Å². The topological polar surface area (TPSA) is 99.0 Å². The summed E-state index contributed by atoms with van der Waals surface area (Å²) in [6.07, 6.45) is 0. The molecule has 0 radical (unpaired) electrons. The Kier molecular flexibility index (Phi) is 4.00. The van der Waals surface area contributed by atoms with Crippen LogP contribution in [-0.2, 0) is 0 Å². The molecule has 1 heterocycles. The summed E-state index contributed by atoms with van der Waals surface area (Å²) >= 11 is 0. The molecule has 0 spiro atoms. The van der Waals surface area contributed by atoms with Crippen LogP contribution in [0.4, 0.5) is 0 Å². The maximum atomic E-state index is 12.1. The van der Waals surface area contributed by atoms with E-state index < -0.39 is 0 Å². The number of aromatic amines is 1. The number of hydrogen-bond acceptors (Lipinski definition) is 5. The second kappa shape index (κ2) is 6.26. The van der Waals surface area contributed by atoms with Crippen molar-refractivity contribution >= 4 is 22.2 Å². The lowest BCUT2D eigenvalue weighted by molar-refractivity contribution is 0.414. The van der Waals surface area contributed by atoms with Gasteiger partial charge in [0.05, 0.1) is 18.0 Å². The summed E-state index contributed by atoms with van der Waals surface area (Å²) in [5.41, 5.74) is 0.392. The number of ether oxygens (including phenoxy) is 1. The summed E-state index contributed by atoms with van der Waals surface area (Å²) in [7, 11) is 1.54. The lowest BCUT2D eigenvalue weighted by Crippen LogP contribution is -2.11. The molecule has 0 saturated heterocycles. The molecule has 0 aliphatic rings. The van der Waals surface area contributed by atoms with Crippen LogP contribution in [0, 0.1) is 11.3 Å². The third-order valence-electron chi connectivity index (χ3n) is 3.56. The molecule has 0 amide bonds. The fourth-order valence-corrected chi connectivity index (χ4v) is 2.32. The molecule has 6 nitrogen and oxygen atoms in total. The van der Waals surface area contributed by atoms with Crippen LogP contribution in [0.25, 0.3) is 22.2 Å². The number of nitrogens with zero attached hydrogens (tertiary/aromatic N) is 2. The number of H-pyrrole nitrogens is 1. The molecule has 2 N–H and O–H groups in total. The first-order valence-electron chi connectivity index (χ1n) is 7.11. The lowest BCUT2D eigenvalue weighted by Gasteiger charge is -2.06. The van der Waals surface area contributed by atoms with Gasteiger partial charge in [0.25, 0.3) is 5.56 Å². The van der Waals surface area contributed by atoms with Crippen molar-refractivity contribution in [3.63, 3.8) is 0 Å². The van der Waals surface area contributed by atoms with Crippen molar-refractivity contribution in [3.8, 4) is 11.8 Å². The number of aromatic nitrogens is 2. The van der Waals surface area contributed by atoms with Crippen molar-refractivity contribution in [1.29, 1.82) is 5.26 Å². The second-order valence-electron chi connectivity index (χ2n) is 5.00. The van der Waals surface area contributed by atoms with Gasteiger partial charge >= 0.3 is 0 Å². The zero-order valence-electron chi connectivity index (χ0n) is 12.8. The highest BCUT2D eigenvalue weighted by Gasteiger charge is 2.14. The number of aliphatic hydroxyl groups is 1. The predicted molar refractivity (Wildman–Crippen MR) is 90.4 cm³/mol. The summed E-state index contributed by atoms with van der Waals surface area (Å²) in [6.45, 7) is 0. The van der Waals surface area contributed by atoms with Gasteiger partial charge in [-0.1, -0.05) is 12.1 Å². The average Bonchev–Trinajstić information content (AvgIpc) is 2.62. The Bertz CT molecular complexity index is 1030. The third kappa shape index (κ3) is 2.71. The van der Waals surface area contributed by atoms with E-state index in [0.717, 1.165) is 0 Å². The number of nitriles is 1. The lowest BCUT2D eigenvalue weighted by atomic mass is 10.1. The van der Waals surface area contributed by atoms with Crippen molar-refractivity contribution in [1.82, 2.24) is 9.97 Å². The standard InChI is InChI=1S/C18H13N3O3/c1-24-12-8-6-11(7-9-12)16(22)14(10-19)17-20-15-5-3-2-4-13(15)18(23)21-17/h2-9,22H,1H3,(H,20,21,23). The molecule has 0 fully saturated rings. The normalized spacial score (nSPS) is 11.7. The van der Waals surface area contributed by atoms with Gasteiger partial charge in [0.1, 0.15) is 23.2 Å². The van der Waals surface area contributed by atoms with Gasteiger partial charge in [-0.2, -0.15) is 5.26 Å². The van der Waals surface area contributed by atoms with Crippen molar-refractivity contribution < 1.29 is 9.84 Å². The Morgan fingerprint density at radius 3 is 2.58 bits per heavy atom. The number of aliphatic hydroxyl groups excluding tert-OH is 1. The van der Waals surface area contributed by atoms with Crippen LogP contribution in [0.3, 0.4) is 0 Å². The van der Waals surface area contributed by atoms with Gasteiger partial charge in [-0.15, -0.1) is 0 Å². The van der Waals surface area contributed by atoms with Gasteiger partial charge in [0.2, 0.25) is 0 Å². The number of fused-ring (bicyclic) bond motifs is 1. The van der Waals surface area contributed by atoms with Gasteiger partial charge in [0, 0.05) is 5.56 Å². The Balaban J connectivity index is 2.17. The third-order valence-corrected chi connectivity index (χ3v) is 3.56. The smallest absolute Gasteiger partial charge is 0.259 e. The Morgan fingerprint density at radius 2 is 1.92 bits per heavy atom. The van der Waals surface area contributed by atoms with Gasteiger partial charge < -0.3 is 14.8 Å². The Hall–Kier alpha value is -3.59. The van der Waals surface area contributed by atoms with Crippen molar-refractivity contribution in [3.05, 3.63) is 70.3 Å². The summed E-state index contributed by atoms with van der Waals surface area (Å²) in [5.74, 6) is 0.385. The zero-order valence-corrected chi connectivity index (χ0v) is 12.8. The molecule has 1 aromatic heterocycles. The van der Waals surface area contributed by atoms with Gasteiger partial charge in [-0.25, -0.2) is 4.98 Å². The van der Waals surface area contributed by atoms with E-state index in [4.69, 9.17) is 4.74 Å². The maximum absolute atomic E-state index is 12.1. The second-order valence-corrected chi connectivity index (χ2v) is 5.00. The van der Waals surface area contributed by atoms with Crippen molar-refractivity contribution in [2.24, 2.45) is 0 Å². The fraction of sp³-hybridized carbons (Fsp3) is 0.0556. The van der Waals surface area contributed by atoms with E-state index in [2.05, 4.69) is 9.97 Å². The van der Waals surface area contributed by atoms with E-state index in [-0.39, 0.29) is 22.7 Å². The van der Waals surface area contributed by atoms with Gasteiger partial charge in [0.15, 0.2) is 5.82 Å². The van der Waals surface area contributed by atoms with E-state index in [1.165, 1.54) is 7.11 Å². The van der Waals surface area contributed by atoms with E-state index in [1.807, 2.05) is 6.07 Å². The molecule has 0 aliphatic carbocycles. The summed E-state index contributed by atoms with van der Waals surface area (Å²) in [4.78, 5) is 18.9. The SMILES string of the molecule is COc1ccc(C(O)=C(C#N)c2nc3ccccc3c(=O)[nH]2)cc1. The average molecular weight is 319 g/mol. The molecule has 118 valence electrons. The molecular formula is C18H13N3O3. The molecular weight excluding hydrogens is 306 g/mol. The van der Waals surface area contributed by atoms with Crippen molar-refractivity contribution in [2.75, 3.05) is 7.11 Å². The minimum absolute atomic E-state index is 0.0227. The minimum Gasteiger partial charge on any atom is -0.506 e. The highest BCUT2D eigenvalue weighted by Crippen LogP contribution is 2.23. The summed E-state index contributed by atoms with van der Waals surface area (Å²) in [5, 5.41) is 20.3. The van der Waals surface area contributed by atoms with Crippen LogP contribution in [0.1, 0.15) is 11.4 Å². The first-order chi connectivity index (χ1) is 11.6. The maximum Gasteiger partial charge on any atom is 0.259 e. The Morgan fingerprint density at radius 1 is 1.21 bits per heavy atom. The quantitative estimate of drug-likeness (QED) is 0.571. The molecule has 0 saturated carbocycles. The first-order valence-corrected chi connectivity index (χ1v) is 7.11. The Labute approximate surface area is 137 Å². The predicted octanol–water partition coefficient (Wildman–Crippen LogP) is 2.88. The van der Waals surface area contributed by atoms with Crippen LogP contribution in [0.5, 0.6) is 5.75 Å². The summed E-state index contributed by atoms with van der Waals surface area (Å²) in [6, 6.07) is 15.3. The van der Waals surface area contributed by atoms with E-state index in [1.54, 1.807) is 48.5 Å².